The summed E-state index contributed by atoms with van der Waals surface area (Å²) in [5.41, 5.74) is 5.23. The number of halogens is 2. The van der Waals surface area contributed by atoms with Crippen LogP contribution in [-0.4, -0.2) is 25.8 Å². The molecule has 20 heavy (non-hydrogen) atoms. The molecule has 1 aliphatic heterocycles. The fourth-order valence-electron chi connectivity index (χ4n) is 2.32. The maximum absolute atomic E-state index is 13.3. The first kappa shape index (κ1) is 15.5. The Labute approximate surface area is 123 Å². The number of piperidine rings is 1. The highest BCUT2D eigenvalue weighted by Gasteiger charge is 2.33. The number of nitrogens with two attached hydrogens (primary N) is 1. The van der Waals surface area contributed by atoms with E-state index in [0.29, 0.717) is 19.0 Å². The van der Waals surface area contributed by atoms with E-state index in [9.17, 15) is 12.8 Å². The van der Waals surface area contributed by atoms with Gasteiger partial charge in [-0.2, -0.15) is 4.31 Å². The monoisotopic (exact) mass is 320 g/mol. The van der Waals surface area contributed by atoms with E-state index in [4.69, 9.17) is 17.3 Å². The van der Waals surface area contributed by atoms with Crippen LogP contribution in [0.2, 0.25) is 5.02 Å². The standard InChI is InChI=1S/C13H18ClFN2O2S/c1-8-3-4-17(7-9(8)2)20(18,19)13-6-12(16)11(15)5-10(13)14/h5-6,8-9H,3-4,7,16H2,1-2H3. The first-order valence-corrected chi connectivity index (χ1v) is 8.30. The van der Waals surface area contributed by atoms with E-state index in [1.54, 1.807) is 0 Å². The maximum atomic E-state index is 13.3. The van der Waals surface area contributed by atoms with Gasteiger partial charge in [0, 0.05) is 13.1 Å². The lowest BCUT2D eigenvalue weighted by Crippen LogP contribution is -2.42. The molecule has 1 saturated heterocycles. The van der Waals surface area contributed by atoms with Crippen LogP contribution in [0.1, 0.15) is 20.3 Å². The van der Waals surface area contributed by atoms with Crippen LogP contribution in [0, 0.1) is 17.7 Å². The first-order valence-electron chi connectivity index (χ1n) is 6.48. The SMILES string of the molecule is CC1CCN(S(=O)(=O)c2cc(N)c(F)cc2Cl)CC1C. The molecule has 112 valence electrons. The summed E-state index contributed by atoms with van der Waals surface area (Å²) in [7, 11) is -3.73. The van der Waals surface area contributed by atoms with Gasteiger partial charge in [0.25, 0.3) is 0 Å². The lowest BCUT2D eigenvalue weighted by Gasteiger charge is -2.34. The predicted molar refractivity (Wildman–Crippen MR) is 77.5 cm³/mol. The van der Waals surface area contributed by atoms with Crippen LogP contribution in [0.3, 0.4) is 0 Å². The van der Waals surface area contributed by atoms with Crippen molar-refractivity contribution in [2.24, 2.45) is 11.8 Å². The second kappa shape index (κ2) is 5.50. The van der Waals surface area contributed by atoms with Crippen LogP contribution in [0.15, 0.2) is 17.0 Å². The minimum absolute atomic E-state index is 0.125. The molecule has 2 unspecified atom stereocenters. The average molecular weight is 321 g/mol. The van der Waals surface area contributed by atoms with Gasteiger partial charge in [-0.25, -0.2) is 12.8 Å². The minimum atomic E-state index is -3.73. The Balaban J connectivity index is 2.38. The highest BCUT2D eigenvalue weighted by Crippen LogP contribution is 2.32. The van der Waals surface area contributed by atoms with Crippen LogP contribution in [0.5, 0.6) is 0 Å². The fourth-order valence-corrected chi connectivity index (χ4v) is 4.40. The molecule has 2 N–H and O–H groups in total. The molecule has 2 rings (SSSR count). The van der Waals surface area contributed by atoms with Crippen molar-refractivity contribution in [3.63, 3.8) is 0 Å². The van der Waals surface area contributed by atoms with Crippen molar-refractivity contribution in [3.05, 3.63) is 23.0 Å². The smallest absolute Gasteiger partial charge is 0.244 e. The molecule has 7 heteroatoms. The molecule has 0 spiro atoms. The van der Waals surface area contributed by atoms with Crippen molar-refractivity contribution in [2.75, 3.05) is 18.8 Å². The Kier molecular flexibility index (Phi) is 4.27. The second-order valence-corrected chi connectivity index (χ2v) is 7.72. The number of rotatable bonds is 2. The van der Waals surface area contributed by atoms with Crippen LogP contribution in [0.4, 0.5) is 10.1 Å². The number of hydrogen-bond donors (Lipinski definition) is 1. The van der Waals surface area contributed by atoms with Crippen molar-refractivity contribution < 1.29 is 12.8 Å². The number of hydrogen-bond acceptors (Lipinski definition) is 3. The summed E-state index contributed by atoms with van der Waals surface area (Å²) in [6.45, 7) is 5.02. The summed E-state index contributed by atoms with van der Waals surface area (Å²) in [5.74, 6) is 0.0416. The van der Waals surface area contributed by atoms with E-state index in [1.807, 2.05) is 6.92 Å². The summed E-state index contributed by atoms with van der Waals surface area (Å²) < 4.78 is 39.9. The molecule has 1 heterocycles. The van der Waals surface area contributed by atoms with E-state index in [0.717, 1.165) is 18.6 Å². The van der Waals surface area contributed by atoms with Gasteiger partial charge in [-0.05, 0) is 30.4 Å². The largest absolute Gasteiger partial charge is 0.396 e. The zero-order valence-electron chi connectivity index (χ0n) is 11.4. The molecule has 4 nitrogen and oxygen atoms in total. The van der Waals surface area contributed by atoms with Gasteiger partial charge in [-0.1, -0.05) is 25.4 Å². The number of nitrogens with zero attached hydrogens (tertiary/aromatic N) is 1. The van der Waals surface area contributed by atoms with Crippen LogP contribution in [-0.2, 0) is 10.0 Å². The lowest BCUT2D eigenvalue weighted by molar-refractivity contribution is 0.212. The van der Waals surface area contributed by atoms with Crippen molar-refractivity contribution in [1.29, 1.82) is 0 Å². The molecular weight excluding hydrogens is 303 g/mol. The number of sulfonamides is 1. The molecule has 1 fully saturated rings. The molecule has 0 saturated carbocycles. The fraction of sp³-hybridized carbons (Fsp3) is 0.538. The van der Waals surface area contributed by atoms with Gasteiger partial charge in [-0.3, -0.25) is 0 Å². The van der Waals surface area contributed by atoms with Gasteiger partial charge < -0.3 is 5.73 Å². The van der Waals surface area contributed by atoms with E-state index < -0.39 is 15.8 Å². The van der Waals surface area contributed by atoms with Crippen molar-refractivity contribution in [2.45, 2.75) is 25.2 Å². The maximum Gasteiger partial charge on any atom is 0.244 e. The molecule has 0 radical (unpaired) electrons. The van der Waals surface area contributed by atoms with Gasteiger partial charge in [0.15, 0.2) is 0 Å². The Bertz CT molecular complexity index is 621. The van der Waals surface area contributed by atoms with Crippen molar-refractivity contribution >= 4 is 27.3 Å². The highest BCUT2D eigenvalue weighted by molar-refractivity contribution is 7.89. The Morgan fingerprint density at radius 1 is 1.35 bits per heavy atom. The molecule has 0 amide bonds. The number of anilines is 1. The van der Waals surface area contributed by atoms with E-state index in [1.165, 1.54) is 4.31 Å². The van der Waals surface area contributed by atoms with Gasteiger partial charge in [0.2, 0.25) is 10.0 Å². The Morgan fingerprint density at radius 2 is 2.00 bits per heavy atom. The summed E-state index contributed by atoms with van der Waals surface area (Å²) in [6.07, 6.45) is 0.800. The van der Waals surface area contributed by atoms with Gasteiger partial charge >= 0.3 is 0 Å². The van der Waals surface area contributed by atoms with Gasteiger partial charge in [0.1, 0.15) is 10.7 Å². The van der Waals surface area contributed by atoms with Crippen LogP contribution in [0.25, 0.3) is 0 Å². The topological polar surface area (TPSA) is 63.4 Å². The third-order valence-corrected chi connectivity index (χ3v) is 6.30. The van der Waals surface area contributed by atoms with Crippen molar-refractivity contribution in [1.82, 2.24) is 4.31 Å². The molecule has 0 bridgehead atoms. The predicted octanol–water partition coefficient (Wildman–Crippen LogP) is 2.73. The quantitative estimate of drug-likeness (QED) is 0.852. The number of benzene rings is 1. The Morgan fingerprint density at radius 3 is 2.60 bits per heavy atom. The lowest BCUT2D eigenvalue weighted by atomic mass is 9.90. The molecule has 1 aromatic rings. The molecule has 1 aromatic carbocycles. The summed E-state index contributed by atoms with van der Waals surface area (Å²) in [5, 5.41) is -0.136. The second-order valence-electron chi connectivity index (χ2n) is 5.41. The highest BCUT2D eigenvalue weighted by atomic mass is 35.5. The van der Waals surface area contributed by atoms with Crippen LogP contribution >= 0.6 is 11.6 Å². The number of nitrogen functional groups attached to an aromatic ring is 1. The Hall–Kier alpha value is -0.850. The molecule has 1 aliphatic rings. The molecule has 0 aliphatic carbocycles. The normalized spacial score (nSPS) is 24.8. The zero-order chi connectivity index (χ0) is 15.1. The average Bonchev–Trinajstić information content (AvgIpc) is 2.36. The summed E-state index contributed by atoms with van der Waals surface area (Å²) >= 11 is 5.87. The van der Waals surface area contributed by atoms with Gasteiger partial charge in [-0.15, -0.1) is 0 Å². The minimum Gasteiger partial charge on any atom is -0.396 e. The molecular formula is C13H18ClFN2O2S. The zero-order valence-corrected chi connectivity index (χ0v) is 13.0. The summed E-state index contributed by atoms with van der Waals surface area (Å²) in [4.78, 5) is -0.125. The molecule has 2 atom stereocenters. The van der Waals surface area contributed by atoms with Crippen molar-refractivity contribution in [3.8, 4) is 0 Å². The van der Waals surface area contributed by atoms with E-state index in [2.05, 4.69) is 6.92 Å². The third kappa shape index (κ3) is 2.77. The van der Waals surface area contributed by atoms with Gasteiger partial charge in [0.05, 0.1) is 10.7 Å². The third-order valence-electron chi connectivity index (χ3n) is 3.97. The van der Waals surface area contributed by atoms with E-state index in [-0.39, 0.29) is 21.5 Å². The van der Waals surface area contributed by atoms with Crippen LogP contribution < -0.4 is 5.73 Å². The van der Waals surface area contributed by atoms with E-state index >= 15 is 0 Å². The first-order chi connectivity index (χ1) is 9.23. The summed E-state index contributed by atoms with van der Waals surface area (Å²) in [6, 6.07) is 2.04. The molecule has 0 aromatic heterocycles.